The number of aromatic nitrogens is 1. The molecule has 1 spiro atoms. The average Bonchev–Trinajstić information content (AvgIpc) is 3.35. The molecule has 2 bridgehead atoms. The van der Waals surface area contributed by atoms with Gasteiger partial charge in [-0.1, -0.05) is 6.07 Å². The second-order valence-electron chi connectivity index (χ2n) is 7.79. The summed E-state index contributed by atoms with van der Waals surface area (Å²) in [4.78, 5) is 10.8. The van der Waals surface area contributed by atoms with E-state index in [2.05, 4.69) is 50.5 Å². The molecule has 0 amide bonds. The van der Waals surface area contributed by atoms with E-state index in [0.717, 1.165) is 18.7 Å². The van der Waals surface area contributed by atoms with Gasteiger partial charge in [0.2, 0.25) is 0 Å². The number of nitrogens with one attached hydrogen (secondary N) is 1. The number of aromatic amines is 1. The van der Waals surface area contributed by atoms with Gasteiger partial charge in [-0.2, -0.15) is 0 Å². The Morgan fingerprint density at radius 1 is 1.19 bits per heavy atom. The number of hydrogen-bond acceptors (Lipinski definition) is 4. The van der Waals surface area contributed by atoms with Gasteiger partial charge >= 0.3 is 0 Å². The van der Waals surface area contributed by atoms with Gasteiger partial charge in [0.15, 0.2) is 0 Å². The minimum atomic E-state index is 0.170. The molecule has 4 aliphatic rings. The topological polar surface area (TPSA) is 31.5 Å². The van der Waals surface area contributed by atoms with E-state index in [4.69, 9.17) is 4.74 Å². The van der Waals surface area contributed by atoms with Gasteiger partial charge in [0, 0.05) is 41.1 Å². The molecule has 3 saturated heterocycles. The Bertz CT molecular complexity index is 969. The number of rotatable bonds is 2. The molecular formula is C21H23N3OS. The molecule has 6 heterocycles. The summed E-state index contributed by atoms with van der Waals surface area (Å²) in [5.41, 5.74) is 4.43. The maximum atomic E-state index is 5.49. The highest BCUT2D eigenvalue weighted by Gasteiger charge is 2.55. The van der Waals surface area contributed by atoms with Crippen LogP contribution < -0.4 is 4.74 Å². The molecule has 2 aromatic heterocycles. The molecule has 4 nitrogen and oxygen atoms in total. The number of thiophene rings is 1. The second kappa shape index (κ2) is 5.35. The number of benzene rings is 1. The van der Waals surface area contributed by atoms with Gasteiger partial charge in [-0.15, -0.1) is 11.3 Å². The van der Waals surface area contributed by atoms with Crippen LogP contribution in [0.1, 0.15) is 35.1 Å². The van der Waals surface area contributed by atoms with E-state index in [1.165, 1.54) is 53.0 Å². The lowest BCUT2D eigenvalue weighted by Crippen LogP contribution is -2.66. The first-order valence-corrected chi connectivity index (χ1v) is 10.4. The summed E-state index contributed by atoms with van der Waals surface area (Å²) < 4.78 is 5.49. The molecule has 1 aromatic carbocycles. The molecule has 1 N–H and O–H groups in total. The molecule has 3 fully saturated rings. The Kier molecular flexibility index (Phi) is 3.14. The number of nitrogens with zero attached hydrogens (tertiary/aromatic N) is 2. The van der Waals surface area contributed by atoms with E-state index in [1.807, 2.05) is 11.3 Å². The van der Waals surface area contributed by atoms with Crippen LogP contribution in [0.2, 0.25) is 0 Å². The Morgan fingerprint density at radius 2 is 2.08 bits per heavy atom. The fourth-order valence-corrected chi connectivity index (χ4v) is 6.47. The minimum Gasteiger partial charge on any atom is -0.497 e. The zero-order valence-corrected chi connectivity index (χ0v) is 15.8. The lowest BCUT2D eigenvalue weighted by atomic mass is 9.74. The number of piperidine rings is 1. The number of methoxy groups -OCH3 is 1. The van der Waals surface area contributed by atoms with Gasteiger partial charge in [-0.3, -0.25) is 9.80 Å². The van der Waals surface area contributed by atoms with Crippen molar-refractivity contribution in [1.29, 1.82) is 0 Å². The van der Waals surface area contributed by atoms with Crippen molar-refractivity contribution >= 4 is 22.2 Å². The van der Waals surface area contributed by atoms with Crippen LogP contribution in [0.15, 0.2) is 35.7 Å². The van der Waals surface area contributed by atoms with Crippen molar-refractivity contribution in [2.75, 3.05) is 26.7 Å². The van der Waals surface area contributed by atoms with Crippen molar-refractivity contribution in [1.82, 2.24) is 14.8 Å². The van der Waals surface area contributed by atoms with Gasteiger partial charge in [-0.25, -0.2) is 0 Å². The fourth-order valence-electron chi connectivity index (χ4n) is 5.60. The molecule has 7 rings (SSSR count). The van der Waals surface area contributed by atoms with E-state index in [-0.39, 0.29) is 5.54 Å². The lowest BCUT2D eigenvalue weighted by molar-refractivity contribution is -0.148. The first-order chi connectivity index (χ1) is 12.8. The molecular weight excluding hydrogens is 342 g/mol. The maximum Gasteiger partial charge on any atom is 0.119 e. The molecule has 0 aliphatic carbocycles. The van der Waals surface area contributed by atoms with Crippen molar-refractivity contribution in [3.05, 3.63) is 51.8 Å². The normalized spacial score (nSPS) is 30.3. The summed E-state index contributed by atoms with van der Waals surface area (Å²) in [6, 6.07) is 11.0. The summed E-state index contributed by atoms with van der Waals surface area (Å²) in [7, 11) is 1.75. The van der Waals surface area contributed by atoms with Crippen molar-refractivity contribution in [3.63, 3.8) is 0 Å². The molecule has 3 aromatic rings. The van der Waals surface area contributed by atoms with Crippen LogP contribution in [0, 0.1) is 0 Å². The standard InChI is InChI=1S/C21H23N3OS/c1-25-14-4-5-17-16(13-14)15-6-9-24-20(18-3-2-12-26-18)23-10-7-21(24,8-11-23)19(15)22-17/h2-5,12-13,20,22H,6-11H2,1H3/t20-/m0/s1. The second-order valence-corrected chi connectivity index (χ2v) is 8.77. The lowest BCUT2D eigenvalue weighted by Gasteiger charge is -2.61. The van der Waals surface area contributed by atoms with Crippen LogP contribution in [0.25, 0.3) is 10.9 Å². The molecule has 4 aliphatic heterocycles. The summed E-state index contributed by atoms with van der Waals surface area (Å²) >= 11 is 1.90. The molecule has 0 radical (unpaired) electrons. The van der Waals surface area contributed by atoms with Crippen molar-refractivity contribution in [3.8, 4) is 5.75 Å². The third-order valence-corrected chi connectivity index (χ3v) is 7.71. The number of hydrogen-bond donors (Lipinski definition) is 1. The van der Waals surface area contributed by atoms with Gasteiger partial charge < -0.3 is 9.72 Å². The number of fused-ring (bicyclic) bond motifs is 5. The predicted octanol–water partition coefficient (Wildman–Crippen LogP) is 4.10. The van der Waals surface area contributed by atoms with Crippen LogP contribution in [-0.2, 0) is 12.0 Å². The van der Waals surface area contributed by atoms with E-state index in [9.17, 15) is 0 Å². The molecule has 0 saturated carbocycles. The quantitative estimate of drug-likeness (QED) is 0.742. The Labute approximate surface area is 157 Å². The molecule has 134 valence electrons. The number of ether oxygens (including phenoxy) is 1. The molecule has 1 atom stereocenters. The minimum absolute atomic E-state index is 0.170. The van der Waals surface area contributed by atoms with Gasteiger partial charge in [0.05, 0.1) is 18.8 Å². The fraction of sp³-hybridized carbons (Fsp3) is 0.429. The summed E-state index contributed by atoms with van der Waals surface area (Å²) in [5.74, 6) is 0.953. The molecule has 26 heavy (non-hydrogen) atoms. The Morgan fingerprint density at radius 3 is 2.85 bits per heavy atom. The third-order valence-electron chi connectivity index (χ3n) is 6.80. The predicted molar refractivity (Wildman–Crippen MR) is 105 cm³/mol. The maximum absolute atomic E-state index is 5.49. The Balaban J connectivity index is 1.53. The van der Waals surface area contributed by atoms with E-state index < -0.39 is 0 Å². The van der Waals surface area contributed by atoms with E-state index >= 15 is 0 Å². The SMILES string of the molecule is COc1ccc2[nH]c3c(c2c1)CCN1[C@@H](c2cccs2)N2CCC31CC2. The number of H-pyrrole nitrogens is 1. The van der Waals surface area contributed by atoms with Crippen molar-refractivity contribution < 1.29 is 4.74 Å². The van der Waals surface area contributed by atoms with Crippen LogP contribution in [-0.4, -0.2) is 41.5 Å². The van der Waals surface area contributed by atoms with Crippen LogP contribution in [0.3, 0.4) is 0 Å². The third kappa shape index (κ3) is 1.86. The summed E-state index contributed by atoms with van der Waals surface area (Å²) in [6.07, 6.45) is 4.02. The highest BCUT2D eigenvalue weighted by molar-refractivity contribution is 7.10. The zero-order chi connectivity index (χ0) is 17.3. The summed E-state index contributed by atoms with van der Waals surface area (Å²) in [5, 5.41) is 3.57. The average molecular weight is 366 g/mol. The van der Waals surface area contributed by atoms with Crippen molar-refractivity contribution in [2.45, 2.75) is 31.0 Å². The van der Waals surface area contributed by atoms with Crippen LogP contribution >= 0.6 is 11.3 Å². The first-order valence-electron chi connectivity index (χ1n) is 9.53. The molecule has 5 heteroatoms. The van der Waals surface area contributed by atoms with Gasteiger partial charge in [0.25, 0.3) is 0 Å². The molecule has 0 unspecified atom stereocenters. The largest absolute Gasteiger partial charge is 0.497 e. The summed E-state index contributed by atoms with van der Waals surface area (Å²) in [6.45, 7) is 3.52. The highest BCUT2D eigenvalue weighted by atomic mass is 32.1. The Hall–Kier alpha value is -1.82. The monoisotopic (exact) mass is 365 g/mol. The van der Waals surface area contributed by atoms with Gasteiger partial charge in [-0.05, 0) is 54.5 Å². The van der Waals surface area contributed by atoms with Crippen molar-refractivity contribution in [2.24, 2.45) is 0 Å². The van der Waals surface area contributed by atoms with Gasteiger partial charge in [0.1, 0.15) is 5.75 Å². The zero-order valence-electron chi connectivity index (χ0n) is 15.0. The van der Waals surface area contributed by atoms with Crippen LogP contribution in [0.5, 0.6) is 5.75 Å². The highest BCUT2D eigenvalue weighted by Crippen LogP contribution is 2.54. The van der Waals surface area contributed by atoms with Crippen LogP contribution in [0.4, 0.5) is 0 Å². The first kappa shape index (κ1) is 15.3. The van der Waals surface area contributed by atoms with E-state index in [1.54, 1.807) is 7.11 Å². The smallest absolute Gasteiger partial charge is 0.119 e. The van der Waals surface area contributed by atoms with E-state index in [0.29, 0.717) is 6.17 Å².